The van der Waals surface area contributed by atoms with Gasteiger partial charge in [-0.15, -0.1) is 0 Å². The highest BCUT2D eigenvalue weighted by Gasteiger charge is 2.27. The maximum atomic E-state index is 12.1. The van der Waals surface area contributed by atoms with Crippen molar-refractivity contribution >= 4 is 5.91 Å². The number of piperidine rings is 1. The summed E-state index contributed by atoms with van der Waals surface area (Å²) in [4.78, 5) is 14.1. The van der Waals surface area contributed by atoms with E-state index >= 15 is 0 Å². The van der Waals surface area contributed by atoms with Crippen LogP contribution < -0.4 is 5.73 Å². The number of hydrogen-bond acceptors (Lipinski definition) is 3. The van der Waals surface area contributed by atoms with Crippen molar-refractivity contribution in [1.82, 2.24) is 15.1 Å². The summed E-state index contributed by atoms with van der Waals surface area (Å²) >= 11 is 0. The van der Waals surface area contributed by atoms with Gasteiger partial charge in [0.15, 0.2) is 0 Å². The lowest BCUT2D eigenvalue weighted by molar-refractivity contribution is -0.132. The van der Waals surface area contributed by atoms with Crippen LogP contribution >= 0.6 is 0 Å². The van der Waals surface area contributed by atoms with Gasteiger partial charge < -0.3 is 10.6 Å². The van der Waals surface area contributed by atoms with Gasteiger partial charge in [-0.2, -0.15) is 5.10 Å². The molecule has 1 aromatic heterocycles. The van der Waals surface area contributed by atoms with Gasteiger partial charge in [-0.25, -0.2) is 0 Å². The van der Waals surface area contributed by atoms with Gasteiger partial charge in [0.2, 0.25) is 5.91 Å². The van der Waals surface area contributed by atoms with Crippen molar-refractivity contribution in [3.8, 4) is 11.1 Å². The third-order valence-corrected chi connectivity index (χ3v) is 4.57. The number of H-pyrrole nitrogens is 1. The Bertz CT molecular complexity index is 662. The summed E-state index contributed by atoms with van der Waals surface area (Å²) in [6.07, 6.45) is 4.42. The van der Waals surface area contributed by atoms with Gasteiger partial charge in [0.05, 0.1) is 6.20 Å². The third kappa shape index (κ3) is 3.45. The second-order valence-corrected chi connectivity index (χ2v) is 6.28. The monoisotopic (exact) mass is 312 g/mol. The number of nitrogens with two attached hydrogens (primary N) is 1. The Labute approximate surface area is 136 Å². The summed E-state index contributed by atoms with van der Waals surface area (Å²) in [5.74, 6) is 0.470. The molecule has 1 fully saturated rings. The normalized spacial score (nSPS) is 18.2. The lowest BCUT2D eigenvalue weighted by atomic mass is 9.90. The number of hydrogen-bond donors (Lipinski definition) is 2. The van der Waals surface area contributed by atoms with E-state index in [-0.39, 0.29) is 5.91 Å². The molecule has 1 saturated heterocycles. The summed E-state index contributed by atoms with van der Waals surface area (Å²) in [6, 6.07) is 8.49. The molecular weight excluding hydrogens is 288 g/mol. The number of benzene rings is 1. The number of aromatic amines is 1. The Kier molecular flexibility index (Phi) is 4.76. The van der Waals surface area contributed by atoms with E-state index in [1.165, 1.54) is 11.1 Å². The summed E-state index contributed by atoms with van der Waals surface area (Å²) in [7, 11) is 0. The van der Waals surface area contributed by atoms with Crippen LogP contribution in [0, 0.1) is 6.92 Å². The standard InChI is InChI=1S/C18H24N4O/c1-13-4-6-14(7-5-13)16-11-20-21-18(16)15-3-2-10-22(12-15)17(23)8-9-19/h4-7,11,15H,2-3,8-10,12,19H2,1H3,(H,20,21)/t15-/m0/s1. The summed E-state index contributed by atoms with van der Waals surface area (Å²) in [5, 5.41) is 7.42. The van der Waals surface area contributed by atoms with Crippen LogP contribution in [0.1, 0.15) is 36.4 Å². The van der Waals surface area contributed by atoms with E-state index in [1.54, 1.807) is 0 Å². The molecule has 1 aromatic carbocycles. The molecule has 0 aliphatic carbocycles. The SMILES string of the molecule is Cc1ccc(-c2cn[nH]c2[C@H]2CCCN(C(=O)CCN)C2)cc1. The lowest BCUT2D eigenvalue weighted by Gasteiger charge is -2.32. The molecule has 1 aliphatic heterocycles. The molecule has 2 aromatic rings. The van der Waals surface area contributed by atoms with Crippen LogP contribution in [-0.2, 0) is 4.79 Å². The van der Waals surface area contributed by atoms with Crippen LogP contribution in [0.4, 0.5) is 0 Å². The molecule has 0 spiro atoms. The van der Waals surface area contributed by atoms with Crippen molar-refractivity contribution in [2.24, 2.45) is 5.73 Å². The Morgan fingerprint density at radius 2 is 2.17 bits per heavy atom. The summed E-state index contributed by atoms with van der Waals surface area (Å²) in [6.45, 7) is 4.09. The van der Waals surface area contributed by atoms with E-state index in [4.69, 9.17) is 5.73 Å². The molecule has 2 heterocycles. The maximum Gasteiger partial charge on any atom is 0.223 e. The Morgan fingerprint density at radius 3 is 2.91 bits per heavy atom. The number of aryl methyl sites for hydroxylation is 1. The number of nitrogens with one attached hydrogen (secondary N) is 1. The molecule has 3 N–H and O–H groups in total. The van der Waals surface area contributed by atoms with Gasteiger partial charge in [0.1, 0.15) is 0 Å². The topological polar surface area (TPSA) is 75.0 Å². The van der Waals surface area contributed by atoms with Crippen molar-refractivity contribution in [2.45, 2.75) is 32.1 Å². The smallest absolute Gasteiger partial charge is 0.223 e. The van der Waals surface area contributed by atoms with Gasteiger partial charge in [-0.1, -0.05) is 29.8 Å². The number of rotatable bonds is 4. The van der Waals surface area contributed by atoms with Crippen molar-refractivity contribution in [3.63, 3.8) is 0 Å². The zero-order valence-electron chi connectivity index (χ0n) is 13.6. The second kappa shape index (κ2) is 6.96. The van der Waals surface area contributed by atoms with E-state index in [1.807, 2.05) is 11.1 Å². The Morgan fingerprint density at radius 1 is 1.39 bits per heavy atom. The highest BCUT2D eigenvalue weighted by atomic mass is 16.2. The van der Waals surface area contributed by atoms with Gasteiger partial charge in [-0.3, -0.25) is 9.89 Å². The fourth-order valence-corrected chi connectivity index (χ4v) is 3.29. The molecule has 23 heavy (non-hydrogen) atoms. The van der Waals surface area contributed by atoms with E-state index < -0.39 is 0 Å². The molecule has 3 rings (SSSR count). The fraction of sp³-hybridized carbons (Fsp3) is 0.444. The number of amides is 1. The van der Waals surface area contributed by atoms with E-state index in [2.05, 4.69) is 41.4 Å². The maximum absolute atomic E-state index is 12.1. The average Bonchev–Trinajstić information content (AvgIpc) is 3.05. The van der Waals surface area contributed by atoms with Gasteiger partial charge >= 0.3 is 0 Å². The molecule has 0 unspecified atom stereocenters. The van der Waals surface area contributed by atoms with Crippen LogP contribution in [0.15, 0.2) is 30.5 Å². The van der Waals surface area contributed by atoms with E-state index in [9.17, 15) is 4.79 Å². The molecule has 0 saturated carbocycles. The van der Waals surface area contributed by atoms with Crippen LogP contribution in [0.3, 0.4) is 0 Å². The molecule has 1 atom stereocenters. The van der Waals surface area contributed by atoms with Crippen LogP contribution in [0.5, 0.6) is 0 Å². The first kappa shape index (κ1) is 15.7. The zero-order chi connectivity index (χ0) is 16.2. The molecular formula is C18H24N4O. The average molecular weight is 312 g/mol. The fourth-order valence-electron chi connectivity index (χ4n) is 3.29. The van der Waals surface area contributed by atoms with Crippen molar-refractivity contribution < 1.29 is 4.79 Å². The third-order valence-electron chi connectivity index (χ3n) is 4.57. The number of carbonyl (C=O) groups is 1. The molecule has 0 radical (unpaired) electrons. The summed E-state index contributed by atoms with van der Waals surface area (Å²) in [5.41, 5.74) is 10.2. The Balaban J connectivity index is 1.81. The number of likely N-dealkylation sites (tertiary alicyclic amines) is 1. The molecule has 0 bridgehead atoms. The van der Waals surface area contributed by atoms with Gasteiger partial charge in [0, 0.05) is 43.2 Å². The molecule has 5 heteroatoms. The molecule has 1 aliphatic rings. The molecule has 122 valence electrons. The second-order valence-electron chi connectivity index (χ2n) is 6.28. The number of nitrogens with zero attached hydrogens (tertiary/aromatic N) is 2. The molecule has 5 nitrogen and oxygen atoms in total. The van der Waals surface area contributed by atoms with E-state index in [0.29, 0.717) is 18.9 Å². The summed E-state index contributed by atoms with van der Waals surface area (Å²) < 4.78 is 0. The predicted molar refractivity (Wildman–Crippen MR) is 91.0 cm³/mol. The first-order valence-electron chi connectivity index (χ1n) is 8.27. The minimum Gasteiger partial charge on any atom is -0.342 e. The minimum atomic E-state index is 0.161. The largest absolute Gasteiger partial charge is 0.342 e. The van der Waals surface area contributed by atoms with Gasteiger partial charge in [0.25, 0.3) is 0 Å². The Hall–Kier alpha value is -2.14. The minimum absolute atomic E-state index is 0.161. The van der Waals surface area contributed by atoms with Crippen molar-refractivity contribution in [3.05, 3.63) is 41.7 Å². The lowest BCUT2D eigenvalue weighted by Crippen LogP contribution is -2.40. The molecule has 1 amide bonds. The quantitative estimate of drug-likeness (QED) is 0.910. The zero-order valence-corrected chi connectivity index (χ0v) is 13.6. The van der Waals surface area contributed by atoms with Crippen LogP contribution in [0.25, 0.3) is 11.1 Å². The van der Waals surface area contributed by atoms with Crippen LogP contribution in [-0.4, -0.2) is 40.6 Å². The predicted octanol–water partition coefficient (Wildman–Crippen LogP) is 2.44. The first-order chi connectivity index (χ1) is 11.2. The van der Waals surface area contributed by atoms with Crippen LogP contribution in [0.2, 0.25) is 0 Å². The highest BCUT2D eigenvalue weighted by molar-refractivity contribution is 5.76. The highest BCUT2D eigenvalue weighted by Crippen LogP contribution is 2.33. The number of aromatic nitrogens is 2. The number of carbonyl (C=O) groups excluding carboxylic acids is 1. The van der Waals surface area contributed by atoms with Gasteiger partial charge in [-0.05, 0) is 25.3 Å². The van der Waals surface area contributed by atoms with E-state index in [0.717, 1.165) is 37.2 Å². The van der Waals surface area contributed by atoms with Crippen molar-refractivity contribution in [2.75, 3.05) is 19.6 Å². The van der Waals surface area contributed by atoms with Crippen molar-refractivity contribution in [1.29, 1.82) is 0 Å². The first-order valence-corrected chi connectivity index (χ1v) is 8.27.